The van der Waals surface area contributed by atoms with Gasteiger partial charge in [0.2, 0.25) is 5.88 Å². The molecule has 2 aromatic rings. The number of rotatable bonds is 3. The molecule has 3 heterocycles. The van der Waals surface area contributed by atoms with Crippen molar-refractivity contribution in [2.45, 2.75) is 57.8 Å². The third-order valence-electron chi connectivity index (χ3n) is 5.79. The van der Waals surface area contributed by atoms with E-state index in [4.69, 9.17) is 4.74 Å². The number of aromatic nitrogens is 2. The smallest absolute Gasteiger partial charge is 0.251 e. The third kappa shape index (κ3) is 5.98. The van der Waals surface area contributed by atoms with E-state index in [-0.39, 0.29) is 23.6 Å². The highest BCUT2D eigenvalue weighted by atomic mass is 32.2. The first-order chi connectivity index (χ1) is 15.3. The Morgan fingerprint density at radius 2 is 1.97 bits per heavy atom. The first-order valence-corrected chi connectivity index (χ1v) is 12.1. The van der Waals surface area contributed by atoms with Crippen molar-refractivity contribution in [1.29, 1.82) is 0 Å². The van der Waals surface area contributed by atoms with Gasteiger partial charge in [-0.1, -0.05) is 33.4 Å². The highest BCUT2D eigenvalue weighted by molar-refractivity contribution is 7.84. The van der Waals surface area contributed by atoms with Crippen LogP contribution in [0.1, 0.15) is 46.2 Å². The zero-order valence-electron chi connectivity index (χ0n) is 19.3. The van der Waals surface area contributed by atoms with E-state index >= 15 is 0 Å². The number of ether oxygens (including phenoxy) is 1. The van der Waals surface area contributed by atoms with Gasteiger partial charge in [0.25, 0.3) is 5.92 Å². The zero-order chi connectivity index (χ0) is 23.9. The number of fused-ring (bicyclic) bond motifs is 1. The van der Waals surface area contributed by atoms with Crippen LogP contribution in [0.25, 0.3) is 17.2 Å². The number of alkyl halides is 2. The number of methoxy groups -OCH3 is 1. The normalized spacial score (nSPS) is 27.7. The average molecular weight is 466 g/mol. The fourth-order valence-corrected chi connectivity index (χ4v) is 5.68. The fourth-order valence-electron chi connectivity index (χ4n) is 3.93. The van der Waals surface area contributed by atoms with Crippen LogP contribution >= 0.6 is 0 Å². The molecule has 1 saturated heterocycles. The third-order valence-corrected chi connectivity index (χ3v) is 7.46. The quantitative estimate of drug-likeness (QED) is 0.649. The molecule has 5 atom stereocenters. The van der Waals surface area contributed by atoms with Crippen LogP contribution in [0.4, 0.5) is 8.78 Å². The van der Waals surface area contributed by atoms with Crippen LogP contribution in [-0.4, -0.2) is 38.5 Å². The van der Waals surface area contributed by atoms with E-state index in [9.17, 15) is 13.0 Å². The molecule has 4 rings (SSSR count). The molecule has 0 amide bonds. The van der Waals surface area contributed by atoms with Crippen molar-refractivity contribution in [2.24, 2.45) is 11.8 Å². The standard InChI is InChI=1S/C13H12N2O.C9H15F2NOS.C2H6/c1-3-11-7-6-10(9-15-11)12-5-4-8-14-13(12)16-2;1-5-3-7-6(2)12-14(13)8(7)4-9(5,10)11;1-2/h3-9H,1H2,2H3;5-8,12H,3-4H2,1-2H3;1-2H3. The number of halogens is 2. The summed E-state index contributed by atoms with van der Waals surface area (Å²) in [5.74, 6) is -2.45. The summed E-state index contributed by atoms with van der Waals surface area (Å²) in [6.07, 6.45) is 5.47. The molecule has 2 fully saturated rings. The summed E-state index contributed by atoms with van der Waals surface area (Å²) in [7, 11) is 0.348. The molecule has 0 radical (unpaired) electrons. The second-order valence-electron chi connectivity index (χ2n) is 7.74. The van der Waals surface area contributed by atoms with E-state index in [1.165, 1.54) is 0 Å². The minimum Gasteiger partial charge on any atom is -0.481 e. The number of hydrogen-bond acceptors (Lipinski definition) is 4. The molecule has 1 N–H and O–H groups in total. The lowest BCUT2D eigenvalue weighted by atomic mass is 9.76. The van der Waals surface area contributed by atoms with Crippen LogP contribution < -0.4 is 9.46 Å². The molecule has 1 saturated carbocycles. The van der Waals surface area contributed by atoms with Gasteiger partial charge < -0.3 is 4.74 Å². The lowest BCUT2D eigenvalue weighted by molar-refractivity contribution is -0.0885. The van der Waals surface area contributed by atoms with Gasteiger partial charge in [-0.15, -0.1) is 0 Å². The molecule has 1 aliphatic heterocycles. The predicted octanol–water partition coefficient (Wildman–Crippen LogP) is 5.51. The summed E-state index contributed by atoms with van der Waals surface area (Å²) in [5.41, 5.74) is 2.77. The molecule has 5 unspecified atom stereocenters. The highest BCUT2D eigenvalue weighted by Gasteiger charge is 2.53. The number of pyridine rings is 2. The summed E-state index contributed by atoms with van der Waals surface area (Å²) >= 11 is 0. The molecule has 1 aliphatic carbocycles. The maximum absolute atomic E-state index is 13.4. The van der Waals surface area contributed by atoms with Gasteiger partial charge in [-0.3, -0.25) is 4.98 Å². The van der Waals surface area contributed by atoms with Crippen molar-refractivity contribution < 1.29 is 17.7 Å². The number of nitrogens with one attached hydrogen (secondary N) is 1. The summed E-state index contributed by atoms with van der Waals surface area (Å²) in [6.45, 7) is 11.2. The fraction of sp³-hybridized carbons (Fsp3) is 0.500. The monoisotopic (exact) mass is 465 g/mol. The Hall–Kier alpha value is -2.19. The molecular formula is C24H33F2N3O2S. The predicted molar refractivity (Wildman–Crippen MR) is 127 cm³/mol. The van der Waals surface area contributed by atoms with Gasteiger partial charge in [-0.2, -0.15) is 0 Å². The van der Waals surface area contributed by atoms with Gasteiger partial charge in [0.15, 0.2) is 0 Å². The topological polar surface area (TPSA) is 64.1 Å². The Kier molecular flexibility index (Phi) is 9.46. The molecule has 5 nitrogen and oxygen atoms in total. The van der Waals surface area contributed by atoms with Crippen LogP contribution in [-0.2, 0) is 11.0 Å². The second-order valence-corrected chi connectivity index (χ2v) is 9.18. The van der Waals surface area contributed by atoms with Crippen molar-refractivity contribution in [1.82, 2.24) is 14.7 Å². The largest absolute Gasteiger partial charge is 0.481 e. The van der Waals surface area contributed by atoms with E-state index in [2.05, 4.69) is 21.3 Å². The van der Waals surface area contributed by atoms with E-state index in [1.807, 2.05) is 45.0 Å². The highest BCUT2D eigenvalue weighted by Crippen LogP contribution is 2.45. The van der Waals surface area contributed by atoms with Crippen LogP contribution in [0.2, 0.25) is 0 Å². The van der Waals surface area contributed by atoms with Gasteiger partial charge in [-0.05, 0) is 43.5 Å². The van der Waals surface area contributed by atoms with Gasteiger partial charge in [0.1, 0.15) is 0 Å². The molecule has 8 heteroatoms. The van der Waals surface area contributed by atoms with Crippen molar-refractivity contribution in [3.63, 3.8) is 0 Å². The minimum atomic E-state index is -2.64. The average Bonchev–Trinajstić information content (AvgIpc) is 3.07. The second kappa shape index (κ2) is 11.6. The summed E-state index contributed by atoms with van der Waals surface area (Å²) in [4.78, 5) is 8.39. The molecule has 0 aromatic carbocycles. The van der Waals surface area contributed by atoms with E-state index in [0.717, 1.165) is 16.8 Å². The van der Waals surface area contributed by atoms with Crippen molar-refractivity contribution in [3.8, 4) is 17.0 Å². The molecule has 0 bridgehead atoms. The van der Waals surface area contributed by atoms with Crippen LogP contribution in [0.15, 0.2) is 43.2 Å². The van der Waals surface area contributed by atoms with Gasteiger partial charge in [-0.25, -0.2) is 22.7 Å². The molecule has 2 aliphatic rings. The molecular weight excluding hydrogens is 432 g/mol. The number of hydrogen-bond donors (Lipinski definition) is 1. The summed E-state index contributed by atoms with van der Waals surface area (Å²) in [5, 5.41) is -0.351. The maximum Gasteiger partial charge on any atom is 0.251 e. The van der Waals surface area contributed by atoms with Crippen LogP contribution in [0, 0.1) is 11.8 Å². The first-order valence-electron chi connectivity index (χ1n) is 10.9. The summed E-state index contributed by atoms with van der Waals surface area (Å²) < 4.78 is 46.3. The Morgan fingerprint density at radius 1 is 1.25 bits per heavy atom. The Balaban J connectivity index is 0.000000212. The van der Waals surface area contributed by atoms with E-state index in [1.54, 1.807) is 32.5 Å². The molecule has 176 valence electrons. The minimum absolute atomic E-state index is 0.111. The lowest BCUT2D eigenvalue weighted by Crippen LogP contribution is -2.42. The Bertz CT molecular complexity index is 908. The maximum atomic E-state index is 13.4. The van der Waals surface area contributed by atoms with Crippen molar-refractivity contribution in [2.75, 3.05) is 7.11 Å². The summed E-state index contributed by atoms with van der Waals surface area (Å²) in [6, 6.07) is 7.83. The van der Waals surface area contributed by atoms with Gasteiger partial charge in [0, 0.05) is 41.9 Å². The van der Waals surface area contributed by atoms with Crippen LogP contribution in [0.5, 0.6) is 5.88 Å². The lowest BCUT2D eigenvalue weighted by Gasteiger charge is -2.36. The zero-order valence-corrected chi connectivity index (χ0v) is 20.2. The van der Waals surface area contributed by atoms with Gasteiger partial charge in [0.05, 0.1) is 29.0 Å². The molecule has 2 aromatic heterocycles. The number of nitrogens with zero attached hydrogens (tertiary/aromatic N) is 2. The van der Waals surface area contributed by atoms with Crippen molar-refractivity contribution in [3.05, 3.63) is 48.9 Å². The Labute approximate surface area is 192 Å². The molecule has 0 spiro atoms. The van der Waals surface area contributed by atoms with Crippen molar-refractivity contribution >= 4 is 17.1 Å². The Morgan fingerprint density at radius 3 is 2.56 bits per heavy atom. The van der Waals surface area contributed by atoms with Crippen LogP contribution in [0.3, 0.4) is 0 Å². The van der Waals surface area contributed by atoms with E-state index < -0.39 is 22.8 Å². The molecule has 32 heavy (non-hydrogen) atoms. The first kappa shape index (κ1) is 26.1. The SMILES string of the molecule is C=Cc1ccc(-c2cccnc2OC)cn1.CC.CC1NS(=O)C2CC(F)(F)C(C)CC12. The van der Waals surface area contributed by atoms with Gasteiger partial charge >= 0.3 is 0 Å². The van der Waals surface area contributed by atoms with E-state index in [0.29, 0.717) is 12.3 Å².